The molecule has 2 aromatic carbocycles. The van der Waals surface area contributed by atoms with Gasteiger partial charge in [-0.2, -0.15) is 0 Å². The number of hydrogen-bond donors (Lipinski definition) is 1. The summed E-state index contributed by atoms with van der Waals surface area (Å²) in [5.74, 6) is -0.659. The van der Waals surface area contributed by atoms with E-state index in [9.17, 15) is 13.9 Å². The number of furan rings is 1. The molecule has 0 saturated heterocycles. The predicted octanol–water partition coefficient (Wildman–Crippen LogP) is 3.97. The van der Waals surface area contributed by atoms with Crippen molar-refractivity contribution in [3.63, 3.8) is 0 Å². The highest BCUT2D eigenvalue weighted by atomic mass is 19.1. The number of rotatable bonds is 2. The van der Waals surface area contributed by atoms with Crippen LogP contribution < -0.4 is 0 Å². The lowest BCUT2D eigenvalue weighted by atomic mass is 9.93. The second kappa shape index (κ2) is 4.42. The molecule has 4 heteroatoms. The van der Waals surface area contributed by atoms with Crippen LogP contribution in [0.5, 0.6) is 0 Å². The van der Waals surface area contributed by atoms with Gasteiger partial charge in [-0.15, -0.1) is 0 Å². The lowest BCUT2D eigenvalue weighted by molar-refractivity contribution is 0.0784. The highest BCUT2D eigenvalue weighted by molar-refractivity contribution is 5.78. The first kappa shape index (κ1) is 12.8. The molecule has 2 nitrogen and oxygen atoms in total. The quantitative estimate of drug-likeness (QED) is 0.767. The lowest BCUT2D eigenvalue weighted by Gasteiger charge is -2.21. The average molecular weight is 274 g/mol. The summed E-state index contributed by atoms with van der Waals surface area (Å²) in [6.45, 7) is 1.52. The van der Waals surface area contributed by atoms with Gasteiger partial charge in [-0.3, -0.25) is 0 Å². The predicted molar refractivity (Wildman–Crippen MR) is 71.2 cm³/mol. The van der Waals surface area contributed by atoms with Crippen LogP contribution in [0.1, 0.15) is 18.2 Å². The maximum atomic E-state index is 13.6. The summed E-state index contributed by atoms with van der Waals surface area (Å²) in [7, 11) is 0. The van der Waals surface area contributed by atoms with Crippen molar-refractivity contribution >= 4 is 11.0 Å². The lowest BCUT2D eigenvalue weighted by Crippen LogP contribution is -2.21. The Hall–Kier alpha value is -2.20. The van der Waals surface area contributed by atoms with Gasteiger partial charge in [0.25, 0.3) is 0 Å². The van der Waals surface area contributed by atoms with E-state index < -0.39 is 11.4 Å². The fourth-order valence-electron chi connectivity index (χ4n) is 2.18. The molecule has 20 heavy (non-hydrogen) atoms. The minimum Gasteiger partial charge on any atom is -0.455 e. The van der Waals surface area contributed by atoms with Gasteiger partial charge in [-0.05, 0) is 36.8 Å². The van der Waals surface area contributed by atoms with E-state index in [0.29, 0.717) is 10.9 Å². The summed E-state index contributed by atoms with van der Waals surface area (Å²) in [6.07, 6.45) is 0. The van der Waals surface area contributed by atoms with Crippen LogP contribution in [-0.4, -0.2) is 5.11 Å². The number of halogens is 2. The first-order valence-corrected chi connectivity index (χ1v) is 6.15. The van der Waals surface area contributed by atoms with Crippen LogP contribution in [0.3, 0.4) is 0 Å². The molecule has 0 radical (unpaired) electrons. The molecule has 0 spiro atoms. The van der Waals surface area contributed by atoms with Crippen LogP contribution in [0, 0.1) is 11.6 Å². The monoisotopic (exact) mass is 274 g/mol. The molecular weight excluding hydrogens is 262 g/mol. The fourth-order valence-corrected chi connectivity index (χ4v) is 2.18. The molecule has 3 aromatic rings. The molecule has 0 aliphatic carbocycles. The Morgan fingerprint density at radius 3 is 2.40 bits per heavy atom. The zero-order valence-corrected chi connectivity index (χ0v) is 10.7. The Bertz CT molecular complexity index is 758. The summed E-state index contributed by atoms with van der Waals surface area (Å²) in [6, 6.07) is 11.6. The largest absolute Gasteiger partial charge is 0.455 e. The van der Waals surface area contributed by atoms with Crippen LogP contribution >= 0.6 is 0 Å². The van der Waals surface area contributed by atoms with E-state index in [1.807, 2.05) is 0 Å². The van der Waals surface area contributed by atoms with E-state index in [2.05, 4.69) is 0 Å². The van der Waals surface area contributed by atoms with Crippen LogP contribution in [0.15, 0.2) is 52.9 Å². The van der Waals surface area contributed by atoms with E-state index in [4.69, 9.17) is 4.42 Å². The smallest absolute Gasteiger partial charge is 0.170 e. The van der Waals surface area contributed by atoms with Gasteiger partial charge in [-0.1, -0.05) is 24.3 Å². The molecule has 1 aromatic heterocycles. The Morgan fingerprint density at radius 1 is 1.05 bits per heavy atom. The van der Waals surface area contributed by atoms with Gasteiger partial charge >= 0.3 is 0 Å². The molecule has 0 amide bonds. The molecule has 1 heterocycles. The van der Waals surface area contributed by atoms with E-state index >= 15 is 0 Å². The summed E-state index contributed by atoms with van der Waals surface area (Å²) in [5.41, 5.74) is -0.887. The average Bonchev–Trinajstić information content (AvgIpc) is 2.85. The molecule has 0 aliphatic heterocycles. The molecule has 1 atom stereocenters. The van der Waals surface area contributed by atoms with Gasteiger partial charge in [0.2, 0.25) is 0 Å². The fraction of sp³-hybridized carbons (Fsp3) is 0.125. The Balaban J connectivity index is 2.13. The van der Waals surface area contributed by atoms with Crippen LogP contribution in [0.4, 0.5) is 8.78 Å². The van der Waals surface area contributed by atoms with Crippen LogP contribution in [0.25, 0.3) is 11.0 Å². The molecule has 0 bridgehead atoms. The maximum absolute atomic E-state index is 13.6. The second-order valence-electron chi connectivity index (χ2n) is 4.85. The summed E-state index contributed by atoms with van der Waals surface area (Å²) in [4.78, 5) is 0. The second-order valence-corrected chi connectivity index (χ2v) is 4.85. The highest BCUT2D eigenvalue weighted by Gasteiger charge is 2.30. The molecular formula is C16H12F2O2. The van der Waals surface area contributed by atoms with Crippen molar-refractivity contribution in [2.24, 2.45) is 0 Å². The van der Waals surface area contributed by atoms with Crippen LogP contribution in [0.2, 0.25) is 0 Å². The Morgan fingerprint density at radius 2 is 1.75 bits per heavy atom. The molecule has 0 saturated carbocycles. The first-order valence-electron chi connectivity index (χ1n) is 6.15. The standard InChI is InChI=1S/C16H12F2O2/c1-16(19,11-5-7-12(17)8-6-11)14-9-10-3-2-4-13(18)15(10)20-14/h2-9,19H,1H3. The number of hydrogen-bond acceptors (Lipinski definition) is 2. The Labute approximate surface area is 114 Å². The molecule has 1 unspecified atom stereocenters. The number of para-hydroxylation sites is 1. The third kappa shape index (κ3) is 1.98. The van der Waals surface area contributed by atoms with E-state index in [1.54, 1.807) is 18.2 Å². The van der Waals surface area contributed by atoms with Crippen molar-refractivity contribution in [3.8, 4) is 0 Å². The first-order chi connectivity index (χ1) is 9.48. The molecule has 1 N–H and O–H groups in total. The van der Waals surface area contributed by atoms with E-state index in [-0.39, 0.29) is 17.2 Å². The number of benzene rings is 2. The van der Waals surface area contributed by atoms with Crippen molar-refractivity contribution in [3.05, 3.63) is 71.5 Å². The van der Waals surface area contributed by atoms with Gasteiger partial charge < -0.3 is 9.52 Å². The minimum atomic E-state index is -1.46. The normalized spacial score (nSPS) is 14.4. The van der Waals surface area contributed by atoms with Crippen molar-refractivity contribution < 1.29 is 18.3 Å². The van der Waals surface area contributed by atoms with Gasteiger partial charge in [0.15, 0.2) is 11.4 Å². The van der Waals surface area contributed by atoms with Crippen molar-refractivity contribution in [2.45, 2.75) is 12.5 Å². The molecule has 102 valence electrons. The minimum absolute atomic E-state index is 0.102. The van der Waals surface area contributed by atoms with E-state index in [1.165, 1.54) is 37.3 Å². The van der Waals surface area contributed by atoms with Crippen molar-refractivity contribution in [2.75, 3.05) is 0 Å². The van der Waals surface area contributed by atoms with Gasteiger partial charge in [0.1, 0.15) is 17.2 Å². The zero-order chi connectivity index (χ0) is 14.3. The SMILES string of the molecule is CC(O)(c1ccc(F)cc1)c1cc2cccc(F)c2o1. The molecule has 0 aliphatic rings. The van der Waals surface area contributed by atoms with Crippen molar-refractivity contribution in [1.29, 1.82) is 0 Å². The summed E-state index contributed by atoms with van der Waals surface area (Å²) >= 11 is 0. The third-order valence-electron chi connectivity index (χ3n) is 3.38. The summed E-state index contributed by atoms with van der Waals surface area (Å²) < 4.78 is 32.0. The highest BCUT2D eigenvalue weighted by Crippen LogP contribution is 2.34. The number of aliphatic hydroxyl groups is 1. The summed E-state index contributed by atoms with van der Waals surface area (Å²) in [5, 5.41) is 11.2. The van der Waals surface area contributed by atoms with Crippen LogP contribution in [-0.2, 0) is 5.60 Å². The third-order valence-corrected chi connectivity index (χ3v) is 3.38. The molecule has 0 fully saturated rings. The Kier molecular flexibility index (Phi) is 2.83. The van der Waals surface area contributed by atoms with Gasteiger partial charge in [0, 0.05) is 5.39 Å². The van der Waals surface area contributed by atoms with E-state index in [0.717, 1.165) is 0 Å². The van der Waals surface area contributed by atoms with Gasteiger partial charge in [-0.25, -0.2) is 8.78 Å². The topological polar surface area (TPSA) is 33.4 Å². The van der Waals surface area contributed by atoms with Gasteiger partial charge in [0.05, 0.1) is 0 Å². The molecule has 3 rings (SSSR count). The van der Waals surface area contributed by atoms with Crippen molar-refractivity contribution in [1.82, 2.24) is 0 Å². The zero-order valence-electron chi connectivity index (χ0n) is 10.7. The number of fused-ring (bicyclic) bond motifs is 1. The maximum Gasteiger partial charge on any atom is 0.170 e.